The molecular formula is C31H47BrO6. The maximum atomic E-state index is 12.7. The van der Waals surface area contributed by atoms with Crippen LogP contribution in [0.25, 0.3) is 0 Å². The summed E-state index contributed by atoms with van der Waals surface area (Å²) in [5.41, 5.74) is 1.45. The Morgan fingerprint density at radius 1 is 1.00 bits per heavy atom. The molecule has 0 radical (unpaired) electrons. The van der Waals surface area contributed by atoms with Gasteiger partial charge in [0.2, 0.25) is 0 Å². The molecule has 0 aromatic rings. The van der Waals surface area contributed by atoms with Crippen molar-refractivity contribution < 1.29 is 29.6 Å². The summed E-state index contributed by atoms with van der Waals surface area (Å²) in [7, 11) is 0. The summed E-state index contributed by atoms with van der Waals surface area (Å²) >= 11 is 3.60. The third kappa shape index (κ3) is 4.52. The Hall–Kier alpha value is -1.18. The normalized spacial score (nSPS) is 45.4. The first kappa shape index (κ1) is 29.8. The highest BCUT2D eigenvalue weighted by Gasteiger charge is 2.70. The van der Waals surface area contributed by atoms with Gasteiger partial charge in [0.25, 0.3) is 0 Å². The second kappa shape index (κ2) is 10.3. The van der Waals surface area contributed by atoms with Crippen molar-refractivity contribution in [3.8, 4) is 0 Å². The van der Waals surface area contributed by atoms with Gasteiger partial charge in [-0.2, -0.15) is 0 Å². The van der Waals surface area contributed by atoms with Crippen molar-refractivity contribution in [3.63, 3.8) is 0 Å². The quantitative estimate of drug-likeness (QED) is 0.252. The highest BCUT2D eigenvalue weighted by molar-refractivity contribution is 9.11. The molecular weight excluding hydrogens is 548 g/mol. The highest BCUT2D eigenvalue weighted by Crippen LogP contribution is 2.74. The molecule has 0 aromatic carbocycles. The van der Waals surface area contributed by atoms with Gasteiger partial charge in [0.1, 0.15) is 6.10 Å². The highest BCUT2D eigenvalue weighted by atomic mass is 79.9. The van der Waals surface area contributed by atoms with Crippen LogP contribution in [-0.4, -0.2) is 45.6 Å². The molecule has 0 amide bonds. The van der Waals surface area contributed by atoms with Crippen LogP contribution in [0, 0.1) is 39.9 Å². The molecule has 0 saturated heterocycles. The molecule has 1 unspecified atom stereocenters. The molecule has 4 aliphatic rings. The van der Waals surface area contributed by atoms with E-state index in [1.807, 2.05) is 13.8 Å². The summed E-state index contributed by atoms with van der Waals surface area (Å²) in [5, 5.41) is 33.0. The van der Waals surface area contributed by atoms with E-state index >= 15 is 0 Å². The van der Waals surface area contributed by atoms with E-state index in [2.05, 4.69) is 43.6 Å². The van der Waals surface area contributed by atoms with Gasteiger partial charge in [-0.1, -0.05) is 49.2 Å². The van der Waals surface area contributed by atoms with Gasteiger partial charge in [-0.15, -0.1) is 0 Å². The number of aliphatic hydroxyl groups excluding tert-OH is 2. The average molecular weight is 596 g/mol. The van der Waals surface area contributed by atoms with Gasteiger partial charge in [-0.05, 0) is 115 Å². The van der Waals surface area contributed by atoms with Crippen LogP contribution in [0.1, 0.15) is 99.8 Å². The number of aliphatic carboxylic acids is 1. The predicted octanol–water partition coefficient (Wildman–Crippen LogP) is 6.39. The number of aliphatic hydroxyl groups is 2. The monoisotopic (exact) mass is 594 g/mol. The van der Waals surface area contributed by atoms with Gasteiger partial charge < -0.3 is 20.1 Å². The second-order valence-corrected chi connectivity index (χ2v) is 14.7. The molecule has 214 valence electrons. The number of hydrogen-bond acceptors (Lipinski definition) is 5. The molecule has 4 rings (SSSR count). The molecule has 4 saturated carbocycles. The maximum Gasteiger partial charge on any atom is 0.331 e. The van der Waals surface area contributed by atoms with E-state index in [0.717, 1.165) is 35.7 Å². The number of halogens is 1. The van der Waals surface area contributed by atoms with Crippen LogP contribution in [0.3, 0.4) is 0 Å². The Kier molecular flexibility index (Phi) is 8.10. The van der Waals surface area contributed by atoms with Gasteiger partial charge in [0, 0.05) is 12.5 Å². The molecule has 10 atom stereocenters. The molecule has 4 fully saturated rings. The fraction of sp³-hybridized carbons (Fsp3) is 0.806. The molecule has 3 N–H and O–H groups in total. The Morgan fingerprint density at radius 2 is 1.66 bits per heavy atom. The number of carbonyl (C=O) groups is 2. The summed E-state index contributed by atoms with van der Waals surface area (Å²) in [6.45, 7) is 14.4. The van der Waals surface area contributed by atoms with E-state index in [4.69, 9.17) is 4.74 Å². The standard InChI is InChI=1S/C31H47BrO6/c1-16(2)22(32)9-8-19(28(36)37)26-21-14-24(35)27-29(5)12-11-23(34)17(3)20(29)10-13-30(27,6)31(21,7)15-25(26)38-18(4)33/h17,20-21,23-25,27,34-35H,8-15H2,1-7H3,(H,36,37)/t17-,20?,21+,23+,24+,25-,27+,29-,30-,31-/m0/s1. The van der Waals surface area contributed by atoms with Crippen molar-refractivity contribution in [3.05, 3.63) is 21.2 Å². The lowest BCUT2D eigenvalue weighted by molar-refractivity contribution is -0.234. The maximum absolute atomic E-state index is 12.7. The van der Waals surface area contributed by atoms with E-state index < -0.39 is 24.1 Å². The number of ether oxygens (including phenoxy) is 1. The van der Waals surface area contributed by atoms with Crippen molar-refractivity contribution in [2.24, 2.45) is 39.9 Å². The lowest BCUT2D eigenvalue weighted by atomic mass is 9.36. The molecule has 0 bridgehead atoms. The van der Waals surface area contributed by atoms with E-state index in [-0.39, 0.29) is 40.1 Å². The van der Waals surface area contributed by atoms with Crippen molar-refractivity contribution >= 4 is 27.9 Å². The number of rotatable bonds is 5. The van der Waals surface area contributed by atoms with Crippen LogP contribution >= 0.6 is 15.9 Å². The summed E-state index contributed by atoms with van der Waals surface area (Å²) in [6.07, 6.45) is 3.99. The third-order valence-electron chi connectivity index (χ3n) is 11.8. The molecule has 0 aromatic heterocycles. The van der Waals surface area contributed by atoms with Crippen LogP contribution in [0.2, 0.25) is 0 Å². The van der Waals surface area contributed by atoms with Gasteiger partial charge in [0.15, 0.2) is 0 Å². The topological polar surface area (TPSA) is 104 Å². The van der Waals surface area contributed by atoms with E-state index in [1.54, 1.807) is 0 Å². The Bertz CT molecular complexity index is 1040. The smallest absolute Gasteiger partial charge is 0.331 e. The number of esters is 1. The molecule has 0 aliphatic heterocycles. The van der Waals surface area contributed by atoms with Gasteiger partial charge in [-0.3, -0.25) is 4.79 Å². The minimum absolute atomic E-state index is 0.0374. The van der Waals surface area contributed by atoms with Crippen molar-refractivity contribution in [2.45, 2.75) is 118 Å². The van der Waals surface area contributed by atoms with E-state index in [0.29, 0.717) is 42.7 Å². The largest absolute Gasteiger partial charge is 0.478 e. The van der Waals surface area contributed by atoms with Gasteiger partial charge >= 0.3 is 11.9 Å². The minimum atomic E-state index is -0.969. The summed E-state index contributed by atoms with van der Waals surface area (Å²) in [5.74, 6) is -0.977. The van der Waals surface area contributed by atoms with Crippen molar-refractivity contribution in [2.75, 3.05) is 0 Å². The van der Waals surface area contributed by atoms with E-state index in [9.17, 15) is 24.9 Å². The Balaban J connectivity index is 1.83. The Labute approximate surface area is 236 Å². The lowest BCUT2D eigenvalue weighted by Gasteiger charge is -2.69. The number of carboxylic acids is 1. The van der Waals surface area contributed by atoms with Crippen molar-refractivity contribution in [1.82, 2.24) is 0 Å². The van der Waals surface area contributed by atoms with Crippen LogP contribution in [0.4, 0.5) is 0 Å². The molecule has 0 spiro atoms. The van der Waals surface area contributed by atoms with E-state index in [1.165, 1.54) is 6.92 Å². The number of allylic oxidation sites excluding steroid dienone is 2. The number of carbonyl (C=O) groups excluding carboxylic acids is 1. The number of hydrogen-bond donors (Lipinski definition) is 3. The molecule has 0 heterocycles. The van der Waals surface area contributed by atoms with Crippen LogP contribution in [-0.2, 0) is 14.3 Å². The zero-order chi connectivity index (χ0) is 28.4. The zero-order valence-corrected chi connectivity index (χ0v) is 25.7. The minimum Gasteiger partial charge on any atom is -0.478 e. The summed E-state index contributed by atoms with van der Waals surface area (Å²) < 4.78 is 6.87. The molecule has 38 heavy (non-hydrogen) atoms. The third-order valence-corrected chi connectivity index (χ3v) is 12.9. The predicted molar refractivity (Wildman–Crippen MR) is 150 cm³/mol. The fourth-order valence-electron chi connectivity index (χ4n) is 9.77. The van der Waals surface area contributed by atoms with Crippen LogP contribution in [0.5, 0.6) is 0 Å². The molecule has 7 heteroatoms. The summed E-state index contributed by atoms with van der Waals surface area (Å²) in [6, 6.07) is 0. The van der Waals surface area contributed by atoms with Gasteiger partial charge in [-0.25, -0.2) is 4.79 Å². The second-order valence-electron chi connectivity index (χ2n) is 13.7. The average Bonchev–Trinajstić information content (AvgIpc) is 3.08. The fourth-order valence-corrected chi connectivity index (χ4v) is 9.97. The number of carboxylic acid groups (broad SMARTS) is 1. The van der Waals surface area contributed by atoms with Crippen molar-refractivity contribution in [1.29, 1.82) is 0 Å². The molecule has 4 aliphatic carbocycles. The first-order valence-corrected chi connectivity index (χ1v) is 15.2. The Morgan fingerprint density at radius 3 is 2.24 bits per heavy atom. The number of fused-ring (bicyclic) bond motifs is 5. The first-order chi connectivity index (χ1) is 17.6. The first-order valence-electron chi connectivity index (χ1n) is 14.4. The van der Waals surface area contributed by atoms with Crippen LogP contribution < -0.4 is 0 Å². The van der Waals surface area contributed by atoms with Crippen LogP contribution in [0.15, 0.2) is 21.2 Å². The van der Waals surface area contributed by atoms with Gasteiger partial charge in [0.05, 0.1) is 12.2 Å². The lowest BCUT2D eigenvalue weighted by Crippen LogP contribution is -2.65. The molecule has 6 nitrogen and oxygen atoms in total. The zero-order valence-electron chi connectivity index (χ0n) is 24.1. The SMILES string of the molecule is CC(=O)O[C@H]1C[C@@]2(C)[C@H](C[C@@H](O)[C@@H]3[C@@]4(C)CC[C@@H](O)[C@@H](C)C4CC[C@@]32C)C1=C(CCC(Br)=C(C)C)C(=O)O. The summed E-state index contributed by atoms with van der Waals surface area (Å²) in [4.78, 5) is 25.0.